The summed E-state index contributed by atoms with van der Waals surface area (Å²) in [5.74, 6) is 0.316. The zero-order chi connectivity index (χ0) is 24.5. The highest BCUT2D eigenvalue weighted by atomic mass is 35.5. The van der Waals surface area contributed by atoms with E-state index >= 15 is 0 Å². The Morgan fingerprint density at radius 3 is 1.64 bits per heavy atom. The number of hydrogen-bond acceptors (Lipinski definition) is 6. The van der Waals surface area contributed by atoms with Crippen LogP contribution < -0.4 is 0 Å². The minimum atomic E-state index is -1.25. The van der Waals surface area contributed by atoms with E-state index in [0.29, 0.717) is 16.5 Å². The maximum atomic E-state index is 12.9. The molecule has 1 rings (SSSR count). The Balaban J connectivity index is 2.58. The molecule has 0 fully saturated rings. The number of halogens is 1. The Morgan fingerprint density at radius 1 is 0.727 bits per heavy atom. The van der Waals surface area contributed by atoms with Crippen molar-refractivity contribution in [2.75, 3.05) is 11.5 Å². The van der Waals surface area contributed by atoms with E-state index in [4.69, 9.17) is 11.6 Å². The predicted octanol–water partition coefficient (Wildman–Crippen LogP) is 7.53. The van der Waals surface area contributed by atoms with Gasteiger partial charge in [-0.2, -0.15) is 0 Å². The van der Waals surface area contributed by atoms with Gasteiger partial charge in [0, 0.05) is 16.1 Å². The Kier molecular flexibility index (Phi) is 17.3. The highest BCUT2D eigenvalue weighted by Gasteiger charge is 2.27. The predicted molar refractivity (Wildman–Crippen MR) is 144 cm³/mol. The SMILES string of the molecule is CCCCCCCCSC(O)C(=O)c1ccc(Cl)cc1C(=O)C(O)SCCCCCCCC. The van der Waals surface area contributed by atoms with Crippen LogP contribution >= 0.6 is 35.1 Å². The van der Waals surface area contributed by atoms with Crippen molar-refractivity contribution >= 4 is 46.7 Å². The molecule has 0 aliphatic carbocycles. The van der Waals surface area contributed by atoms with Gasteiger partial charge in [0.15, 0.2) is 10.9 Å². The fourth-order valence-corrected chi connectivity index (χ4v) is 5.42. The third-order valence-corrected chi connectivity index (χ3v) is 7.85. The average molecular weight is 517 g/mol. The van der Waals surface area contributed by atoms with Crippen LogP contribution in [0.1, 0.15) is 112 Å². The zero-order valence-electron chi connectivity index (χ0n) is 20.2. The lowest BCUT2D eigenvalue weighted by Crippen LogP contribution is -2.24. The molecule has 0 spiro atoms. The lowest BCUT2D eigenvalue weighted by atomic mass is 10.0. The largest absolute Gasteiger partial charge is 0.374 e. The normalized spacial score (nSPS) is 13.1. The van der Waals surface area contributed by atoms with Gasteiger partial charge in [-0.05, 0) is 42.5 Å². The van der Waals surface area contributed by atoms with Crippen LogP contribution in [0.15, 0.2) is 18.2 Å². The summed E-state index contributed by atoms with van der Waals surface area (Å²) in [6.45, 7) is 4.36. The molecule has 0 aliphatic heterocycles. The van der Waals surface area contributed by atoms with Gasteiger partial charge in [-0.15, -0.1) is 23.5 Å². The van der Waals surface area contributed by atoms with Crippen molar-refractivity contribution in [3.05, 3.63) is 34.3 Å². The van der Waals surface area contributed by atoms with Crippen LogP contribution in [-0.2, 0) is 0 Å². The van der Waals surface area contributed by atoms with Gasteiger partial charge in [-0.3, -0.25) is 9.59 Å². The van der Waals surface area contributed by atoms with E-state index in [9.17, 15) is 19.8 Å². The van der Waals surface area contributed by atoms with Crippen molar-refractivity contribution in [3.63, 3.8) is 0 Å². The molecule has 0 radical (unpaired) electrons. The molecule has 7 heteroatoms. The molecule has 0 aliphatic rings. The van der Waals surface area contributed by atoms with Gasteiger partial charge in [0.05, 0.1) is 0 Å². The molecule has 188 valence electrons. The number of rotatable bonds is 20. The second-order valence-electron chi connectivity index (χ2n) is 8.40. The molecule has 0 bridgehead atoms. The van der Waals surface area contributed by atoms with Crippen LogP contribution in [0, 0.1) is 0 Å². The van der Waals surface area contributed by atoms with Crippen LogP contribution in [0.3, 0.4) is 0 Å². The van der Waals surface area contributed by atoms with E-state index in [2.05, 4.69) is 13.8 Å². The molecular weight excluding hydrogens is 476 g/mol. The number of benzene rings is 1. The molecule has 2 unspecified atom stereocenters. The van der Waals surface area contributed by atoms with Crippen LogP contribution in [0.25, 0.3) is 0 Å². The first kappa shape index (κ1) is 30.5. The lowest BCUT2D eigenvalue weighted by Gasteiger charge is -2.15. The zero-order valence-corrected chi connectivity index (χ0v) is 22.6. The topological polar surface area (TPSA) is 74.6 Å². The Morgan fingerprint density at radius 2 is 1.15 bits per heavy atom. The molecule has 2 N–H and O–H groups in total. The Hall–Kier alpha value is -0.530. The first-order valence-corrected chi connectivity index (χ1v) is 14.9. The number of ketones is 2. The van der Waals surface area contributed by atoms with E-state index in [0.717, 1.165) is 25.7 Å². The van der Waals surface area contributed by atoms with Crippen molar-refractivity contribution in [2.24, 2.45) is 0 Å². The molecule has 0 heterocycles. The van der Waals surface area contributed by atoms with Crippen LogP contribution in [-0.4, -0.2) is 44.2 Å². The molecule has 2 atom stereocenters. The summed E-state index contributed by atoms with van der Waals surface area (Å²) in [5, 5.41) is 21.1. The molecule has 33 heavy (non-hydrogen) atoms. The lowest BCUT2D eigenvalue weighted by molar-refractivity contribution is 0.0835. The summed E-state index contributed by atoms with van der Waals surface area (Å²) in [6, 6.07) is 4.42. The van der Waals surface area contributed by atoms with Crippen LogP contribution in [0.2, 0.25) is 5.02 Å². The molecule has 1 aromatic carbocycles. The molecule has 0 saturated heterocycles. The quantitative estimate of drug-likeness (QED) is 0.106. The van der Waals surface area contributed by atoms with E-state index in [-0.39, 0.29) is 11.1 Å². The van der Waals surface area contributed by atoms with Gasteiger partial charge in [0.1, 0.15) is 0 Å². The number of carbonyl (C=O) groups excluding carboxylic acids is 2. The fraction of sp³-hybridized carbons (Fsp3) is 0.692. The first-order valence-electron chi connectivity index (χ1n) is 12.4. The Bertz CT molecular complexity index is 699. The number of carbonyl (C=O) groups is 2. The minimum Gasteiger partial charge on any atom is -0.374 e. The second kappa shape index (κ2) is 18.8. The highest BCUT2D eigenvalue weighted by Crippen LogP contribution is 2.25. The maximum absolute atomic E-state index is 12.9. The number of aliphatic hydroxyl groups is 2. The van der Waals surface area contributed by atoms with Crippen LogP contribution in [0.4, 0.5) is 0 Å². The summed E-state index contributed by atoms with van der Waals surface area (Å²) < 4.78 is 0. The van der Waals surface area contributed by atoms with Gasteiger partial charge in [0.2, 0.25) is 11.6 Å². The van der Waals surface area contributed by atoms with Gasteiger partial charge in [0.25, 0.3) is 0 Å². The standard InChI is InChI=1S/C26H41ClO4S2/c1-3-5-7-9-11-13-17-32-25(30)23(28)21-16-15-20(27)19-22(21)24(29)26(31)33-18-14-12-10-8-6-4-2/h15-16,19,25-26,30-31H,3-14,17-18H2,1-2H3. The smallest absolute Gasteiger partial charge is 0.202 e. The molecule has 0 aromatic heterocycles. The summed E-state index contributed by atoms with van der Waals surface area (Å²) in [5.41, 5.74) is -2.29. The van der Waals surface area contributed by atoms with E-state index in [1.165, 1.54) is 93.1 Å². The highest BCUT2D eigenvalue weighted by molar-refractivity contribution is 8.00. The van der Waals surface area contributed by atoms with E-state index in [1.54, 1.807) is 0 Å². The molecule has 0 saturated carbocycles. The van der Waals surface area contributed by atoms with Gasteiger partial charge in [-0.25, -0.2) is 0 Å². The first-order chi connectivity index (χ1) is 15.9. The monoisotopic (exact) mass is 516 g/mol. The maximum Gasteiger partial charge on any atom is 0.202 e. The van der Waals surface area contributed by atoms with Crippen molar-refractivity contribution in [2.45, 2.75) is 102 Å². The average Bonchev–Trinajstić information content (AvgIpc) is 2.81. The molecule has 0 amide bonds. The van der Waals surface area contributed by atoms with E-state index in [1.807, 2.05) is 0 Å². The third-order valence-electron chi connectivity index (χ3n) is 5.51. The Labute approximate surface area is 213 Å². The minimum absolute atomic E-state index is 0.0784. The summed E-state index contributed by atoms with van der Waals surface area (Å²) in [4.78, 5) is 25.7. The number of unbranched alkanes of at least 4 members (excludes halogenated alkanes) is 10. The van der Waals surface area contributed by atoms with Crippen molar-refractivity contribution in [3.8, 4) is 0 Å². The number of Topliss-reactive ketones (excluding diaryl/α,β-unsaturated/α-hetero) is 2. The van der Waals surface area contributed by atoms with Crippen molar-refractivity contribution in [1.82, 2.24) is 0 Å². The van der Waals surface area contributed by atoms with Crippen molar-refractivity contribution in [1.29, 1.82) is 0 Å². The van der Waals surface area contributed by atoms with Gasteiger partial charge < -0.3 is 10.2 Å². The third kappa shape index (κ3) is 12.7. The number of aliphatic hydroxyl groups excluding tert-OH is 2. The van der Waals surface area contributed by atoms with E-state index < -0.39 is 22.4 Å². The second-order valence-corrected chi connectivity index (χ2v) is 11.2. The summed E-state index contributed by atoms with van der Waals surface area (Å²) >= 11 is 8.45. The summed E-state index contributed by atoms with van der Waals surface area (Å²) in [7, 11) is 0. The molecule has 1 aromatic rings. The molecule has 4 nitrogen and oxygen atoms in total. The van der Waals surface area contributed by atoms with Crippen LogP contribution in [0.5, 0.6) is 0 Å². The fourth-order valence-electron chi connectivity index (χ4n) is 3.51. The number of hydrogen-bond donors (Lipinski definition) is 2. The number of thioether (sulfide) groups is 2. The van der Waals surface area contributed by atoms with Gasteiger partial charge in [-0.1, -0.05) is 89.7 Å². The molecular formula is C26H41ClO4S2. The van der Waals surface area contributed by atoms with Crippen molar-refractivity contribution < 1.29 is 19.8 Å². The summed E-state index contributed by atoms with van der Waals surface area (Å²) in [6.07, 6.45) is 13.7. The van der Waals surface area contributed by atoms with Gasteiger partial charge >= 0.3 is 0 Å².